The molecule has 1 amide bonds. The Morgan fingerprint density at radius 2 is 1.95 bits per heavy atom. The highest BCUT2D eigenvalue weighted by atomic mass is 35.5. The number of nitrogens with one attached hydrogen (secondary N) is 2. The summed E-state index contributed by atoms with van der Waals surface area (Å²) in [6.45, 7) is 6.05. The number of rotatable bonds is 7. The second-order valence-corrected chi connectivity index (χ2v) is 4.28. The standard InChI is InChI=1S/C14H21FN2O.ClH/c1-3-8-16-9-10-17-14(18)11(2)12-6-4-5-7-13(12)15;/h4-7,11,16H,3,8-10H2,1-2H3,(H,17,18);1H. The molecule has 0 radical (unpaired) electrons. The molecule has 5 heteroatoms. The van der Waals surface area contributed by atoms with Gasteiger partial charge in [-0.15, -0.1) is 12.4 Å². The van der Waals surface area contributed by atoms with Gasteiger partial charge < -0.3 is 10.6 Å². The first-order chi connectivity index (χ1) is 8.66. The Hall–Kier alpha value is -1.13. The zero-order valence-corrected chi connectivity index (χ0v) is 12.2. The van der Waals surface area contributed by atoms with Gasteiger partial charge in [-0.3, -0.25) is 4.79 Å². The lowest BCUT2D eigenvalue weighted by Crippen LogP contribution is -2.34. The third kappa shape index (κ3) is 6.03. The third-order valence-corrected chi connectivity index (χ3v) is 2.79. The predicted octanol–water partition coefficient (Wildman–Crippen LogP) is 2.47. The second-order valence-electron chi connectivity index (χ2n) is 4.28. The van der Waals surface area contributed by atoms with E-state index in [1.54, 1.807) is 25.1 Å². The van der Waals surface area contributed by atoms with E-state index in [0.717, 1.165) is 19.5 Å². The molecule has 19 heavy (non-hydrogen) atoms. The topological polar surface area (TPSA) is 41.1 Å². The number of amides is 1. The number of carbonyl (C=O) groups is 1. The molecule has 0 spiro atoms. The summed E-state index contributed by atoms with van der Waals surface area (Å²) in [5.41, 5.74) is 0.441. The van der Waals surface area contributed by atoms with Gasteiger partial charge in [-0.25, -0.2) is 4.39 Å². The zero-order chi connectivity index (χ0) is 13.4. The molecule has 3 nitrogen and oxygen atoms in total. The number of halogens is 2. The van der Waals surface area contributed by atoms with Gasteiger partial charge in [0, 0.05) is 13.1 Å². The average Bonchev–Trinajstić information content (AvgIpc) is 2.38. The largest absolute Gasteiger partial charge is 0.354 e. The van der Waals surface area contributed by atoms with Crippen LogP contribution in [0, 0.1) is 5.82 Å². The minimum atomic E-state index is -0.461. The average molecular weight is 289 g/mol. The highest BCUT2D eigenvalue weighted by molar-refractivity contribution is 5.85. The Balaban J connectivity index is 0.00000324. The molecule has 0 aromatic heterocycles. The van der Waals surface area contributed by atoms with Crippen molar-refractivity contribution >= 4 is 18.3 Å². The van der Waals surface area contributed by atoms with Crippen molar-refractivity contribution in [2.75, 3.05) is 19.6 Å². The minimum Gasteiger partial charge on any atom is -0.354 e. The van der Waals surface area contributed by atoms with Crippen molar-refractivity contribution in [3.8, 4) is 0 Å². The Labute approximate surface area is 120 Å². The molecule has 0 saturated carbocycles. The van der Waals surface area contributed by atoms with Crippen molar-refractivity contribution in [3.63, 3.8) is 0 Å². The van der Waals surface area contributed by atoms with Crippen LogP contribution in [0.4, 0.5) is 4.39 Å². The first kappa shape index (κ1) is 17.9. The summed E-state index contributed by atoms with van der Waals surface area (Å²) < 4.78 is 13.5. The van der Waals surface area contributed by atoms with Crippen molar-refractivity contribution in [2.45, 2.75) is 26.2 Å². The molecular formula is C14H22ClFN2O. The number of hydrogen-bond acceptors (Lipinski definition) is 2. The van der Waals surface area contributed by atoms with E-state index in [1.807, 2.05) is 0 Å². The van der Waals surface area contributed by atoms with Crippen LogP contribution in [-0.4, -0.2) is 25.5 Å². The lowest BCUT2D eigenvalue weighted by atomic mass is 10.00. The quantitative estimate of drug-likeness (QED) is 0.757. The van der Waals surface area contributed by atoms with Gasteiger partial charge in [0.25, 0.3) is 0 Å². The van der Waals surface area contributed by atoms with Crippen molar-refractivity contribution in [1.82, 2.24) is 10.6 Å². The SMILES string of the molecule is CCCNCCNC(=O)C(C)c1ccccc1F.Cl. The summed E-state index contributed by atoms with van der Waals surface area (Å²) in [7, 11) is 0. The molecule has 0 heterocycles. The molecule has 0 aliphatic rings. The van der Waals surface area contributed by atoms with Crippen LogP contribution < -0.4 is 10.6 Å². The van der Waals surface area contributed by atoms with Gasteiger partial charge in [-0.1, -0.05) is 25.1 Å². The molecule has 0 bridgehead atoms. The van der Waals surface area contributed by atoms with Crippen molar-refractivity contribution < 1.29 is 9.18 Å². The monoisotopic (exact) mass is 288 g/mol. The fraction of sp³-hybridized carbons (Fsp3) is 0.500. The highest BCUT2D eigenvalue weighted by Gasteiger charge is 2.17. The summed E-state index contributed by atoms with van der Waals surface area (Å²) >= 11 is 0. The molecule has 0 aliphatic heterocycles. The molecule has 0 aliphatic carbocycles. The fourth-order valence-electron chi connectivity index (χ4n) is 1.70. The van der Waals surface area contributed by atoms with Crippen LogP contribution in [0.15, 0.2) is 24.3 Å². The maximum atomic E-state index is 13.5. The maximum absolute atomic E-state index is 13.5. The molecule has 2 N–H and O–H groups in total. The summed E-state index contributed by atoms with van der Waals surface area (Å²) in [6, 6.07) is 6.39. The van der Waals surface area contributed by atoms with E-state index in [-0.39, 0.29) is 24.1 Å². The van der Waals surface area contributed by atoms with Gasteiger partial charge in [0.2, 0.25) is 5.91 Å². The van der Waals surface area contributed by atoms with Crippen LogP contribution in [-0.2, 0) is 4.79 Å². The molecule has 1 unspecified atom stereocenters. The van der Waals surface area contributed by atoms with E-state index in [1.165, 1.54) is 6.07 Å². The highest BCUT2D eigenvalue weighted by Crippen LogP contribution is 2.18. The van der Waals surface area contributed by atoms with E-state index >= 15 is 0 Å². The Morgan fingerprint density at radius 3 is 2.58 bits per heavy atom. The van der Waals surface area contributed by atoms with E-state index in [2.05, 4.69) is 17.6 Å². The summed E-state index contributed by atoms with van der Waals surface area (Å²) in [4.78, 5) is 11.8. The lowest BCUT2D eigenvalue weighted by molar-refractivity contribution is -0.122. The Morgan fingerprint density at radius 1 is 1.26 bits per heavy atom. The lowest BCUT2D eigenvalue weighted by Gasteiger charge is -2.13. The molecule has 1 aromatic carbocycles. The Kier molecular flexibility index (Phi) is 9.17. The van der Waals surface area contributed by atoms with Crippen LogP contribution in [0.5, 0.6) is 0 Å². The van der Waals surface area contributed by atoms with Crippen LogP contribution in [0.3, 0.4) is 0 Å². The van der Waals surface area contributed by atoms with Crippen LogP contribution in [0.1, 0.15) is 31.7 Å². The van der Waals surface area contributed by atoms with Crippen LogP contribution >= 0.6 is 12.4 Å². The molecular weight excluding hydrogens is 267 g/mol. The molecule has 0 saturated heterocycles. The zero-order valence-electron chi connectivity index (χ0n) is 11.4. The van der Waals surface area contributed by atoms with Gasteiger partial charge >= 0.3 is 0 Å². The first-order valence-electron chi connectivity index (χ1n) is 6.39. The van der Waals surface area contributed by atoms with Gasteiger partial charge in [-0.05, 0) is 31.5 Å². The Bertz CT molecular complexity index is 387. The molecule has 1 rings (SSSR count). The first-order valence-corrected chi connectivity index (χ1v) is 6.39. The molecule has 1 aromatic rings. The number of hydrogen-bond donors (Lipinski definition) is 2. The van der Waals surface area contributed by atoms with Gasteiger partial charge in [-0.2, -0.15) is 0 Å². The van der Waals surface area contributed by atoms with Gasteiger partial charge in [0.05, 0.1) is 5.92 Å². The van der Waals surface area contributed by atoms with E-state index in [4.69, 9.17) is 0 Å². The summed E-state index contributed by atoms with van der Waals surface area (Å²) in [6.07, 6.45) is 1.07. The van der Waals surface area contributed by atoms with E-state index < -0.39 is 5.92 Å². The summed E-state index contributed by atoms with van der Waals surface area (Å²) in [5, 5.41) is 5.99. The fourth-order valence-corrected chi connectivity index (χ4v) is 1.70. The normalized spacial score (nSPS) is 11.5. The van der Waals surface area contributed by atoms with Crippen molar-refractivity contribution in [1.29, 1.82) is 0 Å². The van der Waals surface area contributed by atoms with Crippen molar-refractivity contribution in [3.05, 3.63) is 35.6 Å². The maximum Gasteiger partial charge on any atom is 0.227 e. The smallest absolute Gasteiger partial charge is 0.227 e. The van der Waals surface area contributed by atoms with Crippen molar-refractivity contribution in [2.24, 2.45) is 0 Å². The second kappa shape index (κ2) is 9.75. The summed E-state index contributed by atoms with van der Waals surface area (Å²) in [5.74, 6) is -0.931. The number of benzene rings is 1. The van der Waals surface area contributed by atoms with E-state index in [9.17, 15) is 9.18 Å². The predicted molar refractivity (Wildman–Crippen MR) is 78.2 cm³/mol. The van der Waals surface area contributed by atoms with Crippen LogP contribution in [0.25, 0.3) is 0 Å². The molecule has 0 fully saturated rings. The molecule has 1 atom stereocenters. The van der Waals surface area contributed by atoms with Gasteiger partial charge in [0.1, 0.15) is 5.82 Å². The van der Waals surface area contributed by atoms with Crippen LogP contribution in [0.2, 0.25) is 0 Å². The van der Waals surface area contributed by atoms with E-state index in [0.29, 0.717) is 12.1 Å². The third-order valence-electron chi connectivity index (χ3n) is 2.79. The minimum absolute atomic E-state index is 0. The van der Waals surface area contributed by atoms with Gasteiger partial charge in [0.15, 0.2) is 0 Å². The number of carbonyl (C=O) groups excluding carboxylic acids is 1. The molecule has 108 valence electrons.